The normalized spacial score (nSPS) is 11.9. The molecular weight excluding hydrogens is 346 g/mol. The van der Waals surface area contributed by atoms with Crippen molar-refractivity contribution in [2.75, 3.05) is 20.8 Å². The number of amides is 1. The van der Waals surface area contributed by atoms with Gasteiger partial charge in [-0.05, 0) is 12.1 Å². The number of nitrogens with zero attached hydrogens (tertiary/aromatic N) is 3. The molecule has 0 aromatic carbocycles. The fraction of sp³-hybridized carbons (Fsp3) is 0.500. The molecule has 132 valence electrons. The van der Waals surface area contributed by atoms with Crippen LogP contribution in [0.1, 0.15) is 10.4 Å². The first-order valence-electron chi connectivity index (χ1n) is 7.78. The topological polar surface area (TPSA) is 56.6 Å². The molecule has 0 bridgehead atoms. The maximum absolute atomic E-state index is 12.2. The Morgan fingerprint density at radius 1 is 1.42 bits per heavy atom. The number of carbonyl (C=O) groups is 1. The van der Waals surface area contributed by atoms with E-state index in [9.17, 15) is 4.79 Å². The summed E-state index contributed by atoms with van der Waals surface area (Å²) in [4.78, 5) is 21.5. The number of hydrogen-bond donors (Lipinski definition) is 0. The van der Waals surface area contributed by atoms with Gasteiger partial charge < -0.3 is 9.30 Å². The van der Waals surface area contributed by atoms with Crippen LogP contribution in [-0.4, -0.2) is 49.4 Å². The molecule has 0 aliphatic heterocycles. The van der Waals surface area contributed by atoms with Gasteiger partial charge in [-0.2, -0.15) is 0 Å². The molecule has 1 amide bonds. The maximum Gasteiger partial charge on any atom is 0.280 e. The van der Waals surface area contributed by atoms with Crippen LogP contribution in [0.4, 0.5) is 0 Å². The Bertz CT molecular complexity index is 727. The second-order valence-electron chi connectivity index (χ2n) is 6.84. The lowest BCUT2D eigenvalue weighted by atomic mass is 10.2. The number of ether oxygens (including phenoxy) is 1. The van der Waals surface area contributed by atoms with E-state index in [1.807, 2.05) is 16.8 Å². The Hall–Kier alpha value is -1.41. The number of rotatable bonds is 7. The third-order valence-corrected chi connectivity index (χ3v) is 5.85. The minimum Gasteiger partial charge on any atom is -0.361 e. The Morgan fingerprint density at radius 2 is 2.12 bits per heavy atom. The van der Waals surface area contributed by atoms with Crippen LogP contribution < -0.4 is 0 Å². The van der Waals surface area contributed by atoms with Gasteiger partial charge in [-0.25, -0.2) is 10.0 Å². The van der Waals surface area contributed by atoms with Crippen molar-refractivity contribution in [3.8, 4) is 0 Å². The van der Waals surface area contributed by atoms with Gasteiger partial charge in [0.1, 0.15) is 12.4 Å². The van der Waals surface area contributed by atoms with Gasteiger partial charge in [-0.1, -0.05) is 31.2 Å². The van der Waals surface area contributed by atoms with Crippen molar-refractivity contribution in [1.82, 2.24) is 14.6 Å². The van der Waals surface area contributed by atoms with Crippen LogP contribution in [0.5, 0.6) is 0 Å². The lowest BCUT2D eigenvalue weighted by Crippen LogP contribution is -2.25. The summed E-state index contributed by atoms with van der Waals surface area (Å²) in [5, 5.41) is 2.21. The lowest BCUT2D eigenvalue weighted by Gasteiger charge is -2.16. The first-order valence-corrected chi connectivity index (χ1v) is 11.9. The lowest BCUT2D eigenvalue weighted by molar-refractivity contribution is -0.0757. The van der Waals surface area contributed by atoms with E-state index in [2.05, 4.69) is 24.6 Å². The zero-order valence-electron chi connectivity index (χ0n) is 14.8. The van der Waals surface area contributed by atoms with Crippen LogP contribution in [0, 0.1) is 0 Å². The zero-order chi connectivity index (χ0) is 17.9. The quantitative estimate of drug-likeness (QED) is 0.425. The monoisotopic (exact) mass is 369 g/mol. The molecule has 0 atom stereocenters. The molecule has 0 unspecified atom stereocenters. The van der Waals surface area contributed by atoms with Crippen LogP contribution in [-0.2, 0) is 16.3 Å². The maximum atomic E-state index is 12.2. The van der Waals surface area contributed by atoms with E-state index in [-0.39, 0.29) is 5.91 Å². The predicted octanol–water partition coefficient (Wildman–Crippen LogP) is 3.64. The van der Waals surface area contributed by atoms with E-state index in [1.165, 1.54) is 20.4 Å². The third-order valence-electron chi connectivity index (χ3n) is 3.74. The zero-order valence-corrected chi connectivity index (χ0v) is 16.6. The molecule has 2 rings (SSSR count). The van der Waals surface area contributed by atoms with Crippen molar-refractivity contribution in [2.45, 2.75) is 32.4 Å². The minimum absolute atomic E-state index is 0.311. The van der Waals surface area contributed by atoms with Crippen LogP contribution in [0.15, 0.2) is 18.5 Å². The number of hydrogen-bond acceptors (Lipinski definition) is 4. The van der Waals surface area contributed by atoms with Crippen LogP contribution in [0.25, 0.3) is 11.0 Å². The van der Waals surface area contributed by atoms with E-state index in [1.54, 1.807) is 0 Å². The molecule has 8 heteroatoms. The average molecular weight is 370 g/mol. The molecule has 0 aliphatic carbocycles. The molecular formula is C16H24ClN3O3Si. The Labute approximate surface area is 148 Å². The number of pyridine rings is 1. The van der Waals surface area contributed by atoms with Gasteiger partial charge in [0.25, 0.3) is 5.91 Å². The number of carbonyl (C=O) groups excluding carboxylic acids is 1. The SMILES string of the molecule is CON(C)C(=O)c1cnc2c(ccn2COCC[Si](C)(C)C)c1Cl. The Kier molecular flexibility index (Phi) is 6.03. The second kappa shape index (κ2) is 7.65. The third kappa shape index (κ3) is 4.35. The van der Waals surface area contributed by atoms with Crippen molar-refractivity contribution in [2.24, 2.45) is 0 Å². The highest BCUT2D eigenvalue weighted by Crippen LogP contribution is 2.27. The van der Waals surface area contributed by atoms with Gasteiger partial charge in [0.2, 0.25) is 0 Å². The molecule has 0 N–H and O–H groups in total. The van der Waals surface area contributed by atoms with Gasteiger partial charge in [0.15, 0.2) is 0 Å². The summed E-state index contributed by atoms with van der Waals surface area (Å²) < 4.78 is 7.64. The second-order valence-corrected chi connectivity index (χ2v) is 12.8. The van der Waals surface area contributed by atoms with Crippen molar-refractivity contribution < 1.29 is 14.4 Å². The first kappa shape index (κ1) is 18.9. The van der Waals surface area contributed by atoms with Crippen molar-refractivity contribution >= 4 is 36.6 Å². The summed E-state index contributed by atoms with van der Waals surface area (Å²) in [7, 11) is 1.85. The summed E-state index contributed by atoms with van der Waals surface area (Å²) in [6.45, 7) is 8.11. The van der Waals surface area contributed by atoms with Crippen LogP contribution in [0.2, 0.25) is 30.7 Å². The minimum atomic E-state index is -1.10. The molecule has 0 aliphatic rings. The highest BCUT2D eigenvalue weighted by Gasteiger charge is 2.19. The summed E-state index contributed by atoms with van der Waals surface area (Å²) >= 11 is 6.38. The molecule has 2 aromatic heterocycles. The Balaban J connectivity index is 2.16. The molecule has 0 saturated carbocycles. The number of fused-ring (bicyclic) bond motifs is 1. The van der Waals surface area contributed by atoms with Gasteiger partial charge in [-0.3, -0.25) is 9.63 Å². The van der Waals surface area contributed by atoms with Gasteiger partial charge in [0.05, 0.1) is 17.7 Å². The van der Waals surface area contributed by atoms with Crippen LogP contribution in [0.3, 0.4) is 0 Å². The van der Waals surface area contributed by atoms with Gasteiger partial charge in [0, 0.05) is 39.5 Å². The fourth-order valence-corrected chi connectivity index (χ4v) is 3.19. The van der Waals surface area contributed by atoms with E-state index in [4.69, 9.17) is 21.2 Å². The molecule has 0 spiro atoms. The fourth-order valence-electron chi connectivity index (χ4n) is 2.15. The van der Waals surface area contributed by atoms with Gasteiger partial charge >= 0.3 is 0 Å². The van der Waals surface area contributed by atoms with E-state index >= 15 is 0 Å². The summed E-state index contributed by atoms with van der Waals surface area (Å²) in [6, 6.07) is 2.96. The van der Waals surface area contributed by atoms with Crippen molar-refractivity contribution in [3.05, 3.63) is 29.0 Å². The summed E-state index contributed by atoms with van der Waals surface area (Å²) in [5.74, 6) is -0.337. The smallest absolute Gasteiger partial charge is 0.280 e. The molecule has 0 fully saturated rings. The summed E-state index contributed by atoms with van der Waals surface area (Å²) in [5.41, 5.74) is 1.01. The molecule has 24 heavy (non-hydrogen) atoms. The van der Waals surface area contributed by atoms with Crippen molar-refractivity contribution in [3.63, 3.8) is 0 Å². The van der Waals surface area contributed by atoms with Crippen LogP contribution >= 0.6 is 11.6 Å². The number of hydroxylamine groups is 2. The average Bonchev–Trinajstić information content (AvgIpc) is 2.93. The number of aromatic nitrogens is 2. The van der Waals surface area contributed by atoms with E-state index < -0.39 is 8.07 Å². The molecule has 6 nitrogen and oxygen atoms in total. The Morgan fingerprint density at radius 3 is 2.75 bits per heavy atom. The molecule has 0 radical (unpaired) electrons. The first-order chi connectivity index (χ1) is 11.2. The highest BCUT2D eigenvalue weighted by molar-refractivity contribution is 6.76. The van der Waals surface area contributed by atoms with Gasteiger partial charge in [-0.15, -0.1) is 0 Å². The molecule has 2 heterocycles. The standard InChI is InChI=1S/C16H24ClN3O3Si/c1-19(22-2)16(21)13-10-18-15-12(14(13)17)6-7-20(15)11-23-8-9-24(3,4)5/h6-7,10H,8-9,11H2,1-5H3. The van der Waals surface area contributed by atoms with E-state index in [0.717, 1.165) is 23.1 Å². The summed E-state index contributed by atoms with van der Waals surface area (Å²) in [6.07, 6.45) is 3.34. The van der Waals surface area contributed by atoms with Crippen molar-refractivity contribution in [1.29, 1.82) is 0 Å². The largest absolute Gasteiger partial charge is 0.361 e. The van der Waals surface area contributed by atoms with E-state index in [0.29, 0.717) is 23.0 Å². The molecule has 2 aromatic rings. The number of halogens is 1. The molecule has 0 saturated heterocycles. The highest BCUT2D eigenvalue weighted by atomic mass is 35.5. The predicted molar refractivity (Wildman–Crippen MR) is 98.0 cm³/mol.